The normalized spacial score (nSPS) is 19.4. The maximum absolute atomic E-state index is 12.7. The van der Waals surface area contributed by atoms with Gasteiger partial charge in [-0.2, -0.15) is 0 Å². The lowest BCUT2D eigenvalue weighted by Crippen LogP contribution is -2.41. The molecule has 0 unspecified atom stereocenters. The molecule has 0 aliphatic heterocycles. The second kappa shape index (κ2) is 5.96. The first-order valence-electron chi connectivity index (χ1n) is 8.00. The smallest absolute Gasteiger partial charge is 0.268 e. The van der Waals surface area contributed by atoms with Gasteiger partial charge in [0.15, 0.2) is 0 Å². The molecule has 2 aromatic carbocycles. The van der Waals surface area contributed by atoms with Crippen molar-refractivity contribution in [3.8, 4) is 0 Å². The summed E-state index contributed by atoms with van der Waals surface area (Å²) in [5, 5.41) is 8.07. The van der Waals surface area contributed by atoms with E-state index in [0.717, 1.165) is 17.3 Å². The maximum Gasteiger partial charge on any atom is 0.268 e. The van der Waals surface area contributed by atoms with Gasteiger partial charge in [-0.1, -0.05) is 35.9 Å². The molecule has 0 saturated carbocycles. The van der Waals surface area contributed by atoms with Crippen LogP contribution in [0.4, 0.5) is 0 Å². The highest BCUT2D eigenvalue weighted by Gasteiger charge is 2.32. The van der Waals surface area contributed by atoms with E-state index in [9.17, 15) is 4.79 Å². The molecule has 2 atom stereocenters. The van der Waals surface area contributed by atoms with Gasteiger partial charge < -0.3 is 15.6 Å². The van der Waals surface area contributed by atoms with Gasteiger partial charge in [0.05, 0.1) is 12.1 Å². The lowest BCUT2D eigenvalue weighted by Gasteiger charge is -2.21. The third kappa shape index (κ3) is 2.58. The summed E-state index contributed by atoms with van der Waals surface area (Å²) in [7, 11) is 1.93. The zero-order chi connectivity index (χ0) is 16.7. The van der Waals surface area contributed by atoms with Crippen LogP contribution in [0.2, 0.25) is 5.02 Å². The number of carbonyl (C=O) groups is 1. The Morgan fingerprint density at radius 2 is 2.04 bits per heavy atom. The summed E-state index contributed by atoms with van der Waals surface area (Å²) in [6, 6.07) is 15.9. The molecule has 3 N–H and O–H groups in total. The Morgan fingerprint density at radius 3 is 2.88 bits per heavy atom. The van der Waals surface area contributed by atoms with E-state index in [4.69, 9.17) is 11.6 Å². The SMILES string of the molecule is CN[C@H]1c2ccccc2C[C@H]1NC(=O)c1cc2cc(Cl)ccc2[nH]1. The highest BCUT2D eigenvalue weighted by molar-refractivity contribution is 6.31. The van der Waals surface area contributed by atoms with Gasteiger partial charge in [-0.3, -0.25) is 4.79 Å². The fraction of sp³-hybridized carbons (Fsp3) is 0.211. The quantitative estimate of drug-likeness (QED) is 0.684. The van der Waals surface area contributed by atoms with Gasteiger partial charge in [0.1, 0.15) is 5.69 Å². The molecular weight excluding hydrogens is 322 g/mol. The number of aromatic amines is 1. The van der Waals surface area contributed by atoms with Gasteiger partial charge in [-0.15, -0.1) is 0 Å². The van der Waals surface area contributed by atoms with Crippen LogP contribution in [-0.2, 0) is 6.42 Å². The zero-order valence-electron chi connectivity index (χ0n) is 13.3. The minimum absolute atomic E-state index is 0.0369. The third-order valence-corrected chi connectivity index (χ3v) is 4.92. The van der Waals surface area contributed by atoms with E-state index in [1.807, 2.05) is 43.4 Å². The molecule has 1 amide bonds. The van der Waals surface area contributed by atoms with Gasteiger partial charge in [0.25, 0.3) is 5.91 Å². The summed E-state index contributed by atoms with van der Waals surface area (Å²) in [6.45, 7) is 0. The molecular formula is C19H18ClN3O. The van der Waals surface area contributed by atoms with Crippen molar-refractivity contribution in [3.05, 3.63) is 70.4 Å². The average Bonchev–Trinajstić information content (AvgIpc) is 3.14. The number of fused-ring (bicyclic) bond motifs is 2. The van der Waals surface area contributed by atoms with Crippen molar-refractivity contribution in [2.75, 3.05) is 7.05 Å². The molecule has 122 valence electrons. The van der Waals surface area contributed by atoms with Crippen LogP contribution in [0.25, 0.3) is 10.9 Å². The summed E-state index contributed by atoms with van der Waals surface area (Å²) in [4.78, 5) is 15.8. The van der Waals surface area contributed by atoms with E-state index < -0.39 is 0 Å². The lowest BCUT2D eigenvalue weighted by atomic mass is 10.1. The van der Waals surface area contributed by atoms with Crippen LogP contribution >= 0.6 is 11.6 Å². The van der Waals surface area contributed by atoms with E-state index in [1.54, 1.807) is 0 Å². The summed E-state index contributed by atoms with van der Waals surface area (Å²) < 4.78 is 0. The number of amides is 1. The van der Waals surface area contributed by atoms with Gasteiger partial charge in [0, 0.05) is 15.9 Å². The Bertz CT molecular complexity index is 918. The highest BCUT2D eigenvalue weighted by atomic mass is 35.5. The number of benzene rings is 2. The minimum atomic E-state index is -0.0969. The Hall–Kier alpha value is -2.30. The predicted molar refractivity (Wildman–Crippen MR) is 96.5 cm³/mol. The number of aromatic nitrogens is 1. The number of carbonyl (C=O) groups excluding carboxylic acids is 1. The van der Waals surface area contributed by atoms with Crippen LogP contribution in [0.3, 0.4) is 0 Å². The summed E-state index contributed by atoms with van der Waals surface area (Å²) in [6.07, 6.45) is 0.833. The maximum atomic E-state index is 12.7. The topological polar surface area (TPSA) is 56.9 Å². The second-order valence-electron chi connectivity index (χ2n) is 6.16. The molecule has 4 nitrogen and oxygen atoms in total. The largest absolute Gasteiger partial charge is 0.351 e. The molecule has 0 bridgehead atoms. The standard InChI is InChI=1S/C19H18ClN3O/c1-21-18-14-5-3-2-4-11(14)9-16(18)23-19(24)17-10-12-8-13(20)6-7-15(12)22-17/h2-8,10,16,18,21-22H,9H2,1H3,(H,23,24)/t16-,18+/m1/s1. The number of nitrogens with one attached hydrogen (secondary N) is 3. The fourth-order valence-corrected chi connectivity index (χ4v) is 3.74. The van der Waals surface area contributed by atoms with Crippen LogP contribution in [0, 0.1) is 0 Å². The summed E-state index contributed by atoms with van der Waals surface area (Å²) >= 11 is 6.01. The van der Waals surface area contributed by atoms with Crippen molar-refractivity contribution >= 4 is 28.4 Å². The molecule has 1 aliphatic rings. The van der Waals surface area contributed by atoms with Crippen molar-refractivity contribution in [2.24, 2.45) is 0 Å². The molecule has 0 spiro atoms. The molecule has 0 radical (unpaired) electrons. The number of hydrogen-bond acceptors (Lipinski definition) is 2. The first-order valence-corrected chi connectivity index (χ1v) is 8.37. The molecule has 0 saturated heterocycles. The number of rotatable bonds is 3. The van der Waals surface area contributed by atoms with Crippen molar-refractivity contribution in [2.45, 2.75) is 18.5 Å². The zero-order valence-corrected chi connectivity index (χ0v) is 14.0. The monoisotopic (exact) mass is 339 g/mol. The Kier molecular flexibility index (Phi) is 3.79. The van der Waals surface area contributed by atoms with Gasteiger partial charge in [0.2, 0.25) is 0 Å². The van der Waals surface area contributed by atoms with Gasteiger partial charge >= 0.3 is 0 Å². The van der Waals surface area contributed by atoms with Gasteiger partial charge in [-0.05, 0) is 48.9 Å². The first-order chi connectivity index (χ1) is 11.7. The van der Waals surface area contributed by atoms with Crippen LogP contribution in [0.15, 0.2) is 48.5 Å². The Balaban J connectivity index is 1.57. The first kappa shape index (κ1) is 15.2. The molecule has 1 heterocycles. The molecule has 5 heteroatoms. The number of likely N-dealkylation sites (N-methyl/N-ethyl adjacent to an activating group) is 1. The fourth-order valence-electron chi connectivity index (χ4n) is 3.56. The van der Waals surface area contributed by atoms with E-state index in [-0.39, 0.29) is 18.0 Å². The molecule has 3 aromatic rings. The van der Waals surface area contributed by atoms with Gasteiger partial charge in [-0.25, -0.2) is 0 Å². The van der Waals surface area contributed by atoms with Crippen molar-refractivity contribution in [1.29, 1.82) is 0 Å². The molecule has 1 aliphatic carbocycles. The van der Waals surface area contributed by atoms with Crippen LogP contribution < -0.4 is 10.6 Å². The molecule has 0 fully saturated rings. The highest BCUT2D eigenvalue weighted by Crippen LogP contribution is 2.31. The van der Waals surface area contributed by atoms with E-state index in [1.165, 1.54) is 11.1 Å². The second-order valence-corrected chi connectivity index (χ2v) is 6.60. The van der Waals surface area contributed by atoms with Crippen molar-refractivity contribution < 1.29 is 4.79 Å². The Labute approximate surface area is 145 Å². The van der Waals surface area contributed by atoms with Crippen LogP contribution in [0.1, 0.15) is 27.7 Å². The predicted octanol–water partition coefficient (Wildman–Crippen LogP) is 3.44. The average molecular weight is 340 g/mol. The van der Waals surface area contributed by atoms with Crippen LogP contribution in [-0.4, -0.2) is 24.0 Å². The summed E-state index contributed by atoms with van der Waals surface area (Å²) in [5.74, 6) is -0.0969. The minimum Gasteiger partial charge on any atom is -0.351 e. The summed E-state index contributed by atoms with van der Waals surface area (Å²) in [5.41, 5.74) is 4.00. The number of hydrogen-bond donors (Lipinski definition) is 3. The number of halogens is 1. The van der Waals surface area contributed by atoms with Crippen molar-refractivity contribution in [1.82, 2.24) is 15.6 Å². The third-order valence-electron chi connectivity index (χ3n) is 4.69. The van der Waals surface area contributed by atoms with Crippen molar-refractivity contribution in [3.63, 3.8) is 0 Å². The van der Waals surface area contributed by atoms with E-state index in [0.29, 0.717) is 10.7 Å². The number of H-pyrrole nitrogens is 1. The molecule has 24 heavy (non-hydrogen) atoms. The van der Waals surface area contributed by atoms with E-state index in [2.05, 4.69) is 27.8 Å². The van der Waals surface area contributed by atoms with Crippen LogP contribution in [0.5, 0.6) is 0 Å². The molecule has 1 aromatic heterocycles. The van der Waals surface area contributed by atoms with E-state index >= 15 is 0 Å². The molecule has 4 rings (SSSR count). The Morgan fingerprint density at radius 1 is 1.21 bits per heavy atom. The lowest BCUT2D eigenvalue weighted by molar-refractivity contribution is 0.0926.